The SMILES string of the molecule is CCCCCCCCCCCCCCCCC1CC(=O)O1. The van der Waals surface area contributed by atoms with Gasteiger partial charge in [0, 0.05) is 0 Å². The summed E-state index contributed by atoms with van der Waals surface area (Å²) < 4.78 is 5.01. The molecule has 1 rings (SSSR count). The number of cyclic esters (lactones) is 1. The first-order valence-electron chi connectivity index (χ1n) is 9.52. The highest BCUT2D eigenvalue weighted by Crippen LogP contribution is 2.20. The largest absolute Gasteiger partial charge is 0.462 e. The highest BCUT2D eigenvalue weighted by Gasteiger charge is 2.27. The fourth-order valence-corrected chi connectivity index (χ4v) is 3.09. The van der Waals surface area contributed by atoms with Crippen LogP contribution >= 0.6 is 0 Å². The second-order valence-electron chi connectivity index (χ2n) is 6.70. The van der Waals surface area contributed by atoms with Crippen molar-refractivity contribution in [2.45, 2.75) is 116 Å². The van der Waals surface area contributed by atoms with Gasteiger partial charge in [0.25, 0.3) is 0 Å². The number of hydrogen-bond donors (Lipinski definition) is 0. The number of rotatable bonds is 15. The van der Waals surface area contributed by atoms with E-state index in [9.17, 15) is 4.79 Å². The Labute approximate surface area is 132 Å². The van der Waals surface area contributed by atoms with Gasteiger partial charge in [-0.15, -0.1) is 0 Å². The van der Waals surface area contributed by atoms with Crippen LogP contribution in [0.1, 0.15) is 110 Å². The average Bonchev–Trinajstić information content (AvgIpc) is 2.45. The van der Waals surface area contributed by atoms with Gasteiger partial charge in [0.2, 0.25) is 0 Å². The van der Waals surface area contributed by atoms with Gasteiger partial charge in [-0.3, -0.25) is 4.79 Å². The molecule has 0 spiro atoms. The lowest BCUT2D eigenvalue weighted by Crippen LogP contribution is -2.32. The first-order valence-corrected chi connectivity index (χ1v) is 9.52. The summed E-state index contributed by atoms with van der Waals surface area (Å²) in [6.45, 7) is 2.28. The molecular weight excluding hydrogens is 260 g/mol. The summed E-state index contributed by atoms with van der Waals surface area (Å²) in [6.07, 6.45) is 21.6. The van der Waals surface area contributed by atoms with Crippen molar-refractivity contribution in [1.82, 2.24) is 0 Å². The molecular formula is C19H36O2. The summed E-state index contributed by atoms with van der Waals surface area (Å²) in [4.78, 5) is 10.6. The molecule has 1 aliphatic rings. The van der Waals surface area contributed by atoms with E-state index >= 15 is 0 Å². The van der Waals surface area contributed by atoms with Crippen LogP contribution in [0, 0.1) is 0 Å². The lowest BCUT2D eigenvalue weighted by molar-refractivity contribution is -0.169. The number of hydrogen-bond acceptors (Lipinski definition) is 2. The van der Waals surface area contributed by atoms with E-state index < -0.39 is 0 Å². The zero-order chi connectivity index (χ0) is 15.2. The van der Waals surface area contributed by atoms with Crippen LogP contribution in [0.4, 0.5) is 0 Å². The highest BCUT2D eigenvalue weighted by atomic mass is 16.6. The molecule has 1 unspecified atom stereocenters. The van der Waals surface area contributed by atoms with Crippen LogP contribution in [-0.2, 0) is 9.53 Å². The van der Waals surface area contributed by atoms with Crippen LogP contribution in [0.25, 0.3) is 0 Å². The Hall–Kier alpha value is -0.530. The van der Waals surface area contributed by atoms with Crippen molar-refractivity contribution in [3.05, 3.63) is 0 Å². The summed E-state index contributed by atoms with van der Waals surface area (Å²) in [5, 5.41) is 0. The van der Waals surface area contributed by atoms with E-state index in [0.717, 1.165) is 6.42 Å². The predicted molar refractivity (Wildman–Crippen MR) is 89.4 cm³/mol. The van der Waals surface area contributed by atoms with Gasteiger partial charge < -0.3 is 4.74 Å². The van der Waals surface area contributed by atoms with Crippen LogP contribution in [0.15, 0.2) is 0 Å². The van der Waals surface area contributed by atoms with Crippen molar-refractivity contribution < 1.29 is 9.53 Å². The maximum atomic E-state index is 10.6. The summed E-state index contributed by atoms with van der Waals surface area (Å²) in [6, 6.07) is 0. The number of carbonyl (C=O) groups is 1. The lowest BCUT2D eigenvalue weighted by Gasteiger charge is -2.25. The van der Waals surface area contributed by atoms with Crippen molar-refractivity contribution >= 4 is 5.97 Å². The van der Waals surface area contributed by atoms with E-state index in [0.29, 0.717) is 6.42 Å². The summed E-state index contributed by atoms with van der Waals surface area (Å²) >= 11 is 0. The smallest absolute Gasteiger partial charge is 0.309 e. The van der Waals surface area contributed by atoms with Crippen molar-refractivity contribution in [1.29, 1.82) is 0 Å². The minimum Gasteiger partial charge on any atom is -0.462 e. The average molecular weight is 296 g/mol. The van der Waals surface area contributed by atoms with Crippen LogP contribution in [0.5, 0.6) is 0 Å². The second-order valence-corrected chi connectivity index (χ2v) is 6.70. The van der Waals surface area contributed by atoms with Crippen LogP contribution in [0.2, 0.25) is 0 Å². The molecule has 0 aliphatic carbocycles. The second kappa shape index (κ2) is 13.2. The van der Waals surface area contributed by atoms with Crippen LogP contribution in [-0.4, -0.2) is 12.1 Å². The van der Waals surface area contributed by atoms with E-state index in [1.807, 2.05) is 0 Å². The number of esters is 1. The Balaban J connectivity index is 1.64. The summed E-state index contributed by atoms with van der Waals surface area (Å²) in [5.74, 6) is -0.00892. The van der Waals surface area contributed by atoms with Gasteiger partial charge in [-0.25, -0.2) is 0 Å². The molecule has 0 saturated carbocycles. The van der Waals surface area contributed by atoms with Gasteiger partial charge in [0.1, 0.15) is 6.10 Å². The number of carbonyl (C=O) groups excluding carboxylic acids is 1. The maximum Gasteiger partial charge on any atom is 0.309 e. The van der Waals surface area contributed by atoms with Crippen molar-refractivity contribution in [2.75, 3.05) is 0 Å². The molecule has 0 aromatic rings. The quantitative estimate of drug-likeness (QED) is 0.267. The third kappa shape index (κ3) is 10.8. The highest BCUT2D eigenvalue weighted by molar-refractivity contribution is 5.75. The van der Waals surface area contributed by atoms with E-state index in [-0.39, 0.29) is 12.1 Å². The van der Waals surface area contributed by atoms with Crippen LogP contribution in [0.3, 0.4) is 0 Å². The van der Waals surface area contributed by atoms with E-state index in [2.05, 4.69) is 6.92 Å². The summed E-state index contributed by atoms with van der Waals surface area (Å²) in [5.41, 5.74) is 0. The molecule has 0 aromatic carbocycles. The molecule has 0 N–H and O–H groups in total. The van der Waals surface area contributed by atoms with Crippen LogP contribution < -0.4 is 0 Å². The molecule has 0 amide bonds. The Morgan fingerprint density at radius 2 is 1.14 bits per heavy atom. The van der Waals surface area contributed by atoms with Crippen molar-refractivity contribution in [3.8, 4) is 0 Å². The topological polar surface area (TPSA) is 26.3 Å². The van der Waals surface area contributed by atoms with Gasteiger partial charge in [-0.1, -0.05) is 90.4 Å². The monoisotopic (exact) mass is 296 g/mol. The first kappa shape index (κ1) is 18.5. The minimum atomic E-state index is -0.00892. The predicted octanol–water partition coefficient (Wildman–Crippen LogP) is 6.17. The van der Waals surface area contributed by atoms with Crippen molar-refractivity contribution in [3.63, 3.8) is 0 Å². The number of ether oxygens (including phenoxy) is 1. The Bertz CT molecular complexity index is 242. The molecule has 1 fully saturated rings. The molecule has 2 heteroatoms. The molecule has 0 bridgehead atoms. The maximum absolute atomic E-state index is 10.6. The van der Waals surface area contributed by atoms with E-state index in [1.54, 1.807) is 0 Å². The number of unbranched alkanes of at least 4 members (excludes halogenated alkanes) is 13. The minimum absolute atomic E-state index is 0.00892. The van der Waals surface area contributed by atoms with Crippen molar-refractivity contribution in [2.24, 2.45) is 0 Å². The molecule has 2 nitrogen and oxygen atoms in total. The Kier molecular flexibility index (Phi) is 11.6. The van der Waals surface area contributed by atoms with Gasteiger partial charge in [0.15, 0.2) is 0 Å². The normalized spacial score (nSPS) is 17.6. The third-order valence-corrected chi connectivity index (χ3v) is 4.57. The van der Waals surface area contributed by atoms with Gasteiger partial charge >= 0.3 is 5.97 Å². The Morgan fingerprint density at radius 1 is 0.762 bits per heavy atom. The first-order chi connectivity index (χ1) is 10.3. The molecule has 0 radical (unpaired) electrons. The van der Waals surface area contributed by atoms with E-state index in [1.165, 1.54) is 89.9 Å². The van der Waals surface area contributed by atoms with Gasteiger partial charge in [-0.05, 0) is 12.8 Å². The molecule has 1 saturated heterocycles. The zero-order valence-electron chi connectivity index (χ0n) is 14.2. The fraction of sp³-hybridized carbons (Fsp3) is 0.947. The third-order valence-electron chi connectivity index (χ3n) is 4.57. The molecule has 1 heterocycles. The summed E-state index contributed by atoms with van der Waals surface area (Å²) in [7, 11) is 0. The Morgan fingerprint density at radius 3 is 1.52 bits per heavy atom. The standard InChI is InChI=1S/C19H36O2/c1-2-3-4-5-6-7-8-9-10-11-12-13-14-15-16-18-17-19(20)21-18/h18H,2-17H2,1H3. The van der Waals surface area contributed by atoms with Gasteiger partial charge in [-0.2, -0.15) is 0 Å². The molecule has 1 atom stereocenters. The molecule has 0 aromatic heterocycles. The fourth-order valence-electron chi connectivity index (χ4n) is 3.09. The zero-order valence-corrected chi connectivity index (χ0v) is 14.2. The van der Waals surface area contributed by atoms with Gasteiger partial charge in [0.05, 0.1) is 6.42 Å². The molecule has 1 aliphatic heterocycles. The lowest BCUT2D eigenvalue weighted by atomic mass is 10.0. The van der Waals surface area contributed by atoms with E-state index in [4.69, 9.17) is 4.74 Å². The molecule has 21 heavy (non-hydrogen) atoms. The molecule has 124 valence electrons.